The topological polar surface area (TPSA) is 39.2 Å². The number of carbonyl (C=O) groups excluding carboxylic acids is 1. The van der Waals surface area contributed by atoms with Crippen molar-refractivity contribution in [3.05, 3.63) is 27.1 Å². The predicted molar refractivity (Wildman–Crippen MR) is 57.9 cm³/mol. The van der Waals surface area contributed by atoms with Crippen LogP contribution < -0.4 is 0 Å². The van der Waals surface area contributed by atoms with Crippen molar-refractivity contribution in [1.29, 1.82) is 0 Å². The number of aromatic nitrogens is 1. The number of hydrogen-bond donors (Lipinski definition) is 0. The predicted octanol–water partition coefficient (Wildman–Crippen LogP) is 2.80. The fraction of sp³-hybridized carbons (Fsp3) is 0.333. The SMILES string of the molecule is CCOC(=O)c1cc(I)c(C(F)F)cn1. The molecular weight excluding hydrogens is 319 g/mol. The van der Waals surface area contributed by atoms with Gasteiger partial charge in [0.1, 0.15) is 5.69 Å². The highest BCUT2D eigenvalue weighted by atomic mass is 127. The van der Waals surface area contributed by atoms with Gasteiger partial charge in [-0.25, -0.2) is 18.6 Å². The molecule has 15 heavy (non-hydrogen) atoms. The van der Waals surface area contributed by atoms with Gasteiger partial charge in [-0.3, -0.25) is 0 Å². The first-order valence-corrected chi connectivity index (χ1v) is 5.24. The maximum atomic E-state index is 12.3. The van der Waals surface area contributed by atoms with Crippen LogP contribution in [0.4, 0.5) is 8.78 Å². The first kappa shape index (κ1) is 12.3. The van der Waals surface area contributed by atoms with Crippen LogP contribution in [0.25, 0.3) is 0 Å². The molecule has 82 valence electrons. The van der Waals surface area contributed by atoms with E-state index in [1.54, 1.807) is 29.5 Å². The van der Waals surface area contributed by atoms with Gasteiger partial charge in [-0.2, -0.15) is 0 Å². The minimum Gasteiger partial charge on any atom is -0.461 e. The fourth-order valence-corrected chi connectivity index (χ4v) is 1.59. The van der Waals surface area contributed by atoms with E-state index in [2.05, 4.69) is 4.98 Å². The average Bonchev–Trinajstić information content (AvgIpc) is 2.17. The van der Waals surface area contributed by atoms with Crippen molar-refractivity contribution >= 4 is 28.6 Å². The van der Waals surface area contributed by atoms with Crippen molar-refractivity contribution in [2.75, 3.05) is 6.61 Å². The van der Waals surface area contributed by atoms with Crippen molar-refractivity contribution in [3.63, 3.8) is 0 Å². The second-order valence-corrected chi connectivity index (χ2v) is 3.77. The number of ether oxygens (including phenoxy) is 1. The fourth-order valence-electron chi connectivity index (χ4n) is 0.919. The van der Waals surface area contributed by atoms with Crippen LogP contribution in [0.1, 0.15) is 29.4 Å². The van der Waals surface area contributed by atoms with E-state index >= 15 is 0 Å². The maximum Gasteiger partial charge on any atom is 0.356 e. The number of hydrogen-bond acceptors (Lipinski definition) is 3. The number of esters is 1. The number of halogens is 3. The van der Waals surface area contributed by atoms with E-state index in [1.807, 2.05) is 0 Å². The van der Waals surface area contributed by atoms with E-state index in [0.29, 0.717) is 3.57 Å². The molecule has 1 aromatic rings. The second-order valence-electron chi connectivity index (χ2n) is 2.61. The molecule has 0 aliphatic carbocycles. The van der Waals surface area contributed by atoms with E-state index in [-0.39, 0.29) is 17.9 Å². The summed E-state index contributed by atoms with van der Waals surface area (Å²) in [5.41, 5.74) is -0.130. The molecule has 0 N–H and O–H groups in total. The van der Waals surface area contributed by atoms with Gasteiger partial charge in [0, 0.05) is 15.3 Å². The Hall–Kier alpha value is -0.790. The van der Waals surface area contributed by atoms with Crippen molar-refractivity contribution in [2.24, 2.45) is 0 Å². The van der Waals surface area contributed by atoms with Gasteiger partial charge in [0.2, 0.25) is 0 Å². The lowest BCUT2D eigenvalue weighted by Crippen LogP contribution is -2.08. The molecule has 0 bridgehead atoms. The van der Waals surface area contributed by atoms with Crippen LogP contribution in [-0.4, -0.2) is 17.6 Å². The molecule has 1 heterocycles. The Morgan fingerprint density at radius 1 is 1.67 bits per heavy atom. The molecule has 0 aliphatic heterocycles. The van der Waals surface area contributed by atoms with Crippen molar-refractivity contribution in [1.82, 2.24) is 4.98 Å². The second kappa shape index (κ2) is 5.34. The van der Waals surface area contributed by atoms with Crippen molar-refractivity contribution in [2.45, 2.75) is 13.3 Å². The van der Waals surface area contributed by atoms with Crippen molar-refractivity contribution in [3.8, 4) is 0 Å². The third-order valence-electron chi connectivity index (χ3n) is 1.60. The molecular formula is C9H8F2INO2. The average molecular weight is 327 g/mol. The van der Waals surface area contributed by atoms with E-state index in [9.17, 15) is 13.6 Å². The first-order valence-electron chi connectivity index (χ1n) is 4.17. The Morgan fingerprint density at radius 3 is 2.80 bits per heavy atom. The third kappa shape index (κ3) is 3.08. The Labute approximate surface area is 99.0 Å². The molecule has 0 unspecified atom stereocenters. The molecule has 0 amide bonds. The molecule has 1 aromatic heterocycles. The number of pyridine rings is 1. The van der Waals surface area contributed by atoms with Gasteiger partial charge in [0.15, 0.2) is 0 Å². The highest BCUT2D eigenvalue weighted by Gasteiger charge is 2.15. The van der Waals surface area contributed by atoms with Crippen molar-refractivity contribution < 1.29 is 18.3 Å². The summed E-state index contributed by atoms with van der Waals surface area (Å²) in [6.07, 6.45) is -1.58. The lowest BCUT2D eigenvalue weighted by atomic mass is 10.2. The zero-order valence-corrected chi connectivity index (χ0v) is 9.99. The molecule has 6 heteroatoms. The van der Waals surface area contributed by atoms with Gasteiger partial charge in [-0.1, -0.05) is 0 Å². The Bertz CT molecular complexity index is 371. The lowest BCUT2D eigenvalue weighted by molar-refractivity contribution is 0.0518. The third-order valence-corrected chi connectivity index (χ3v) is 2.54. The Balaban J connectivity index is 2.96. The van der Waals surface area contributed by atoms with Crippen LogP contribution >= 0.6 is 22.6 Å². The lowest BCUT2D eigenvalue weighted by Gasteiger charge is -2.05. The Morgan fingerprint density at radius 2 is 2.33 bits per heavy atom. The molecule has 0 aliphatic rings. The highest BCUT2D eigenvalue weighted by Crippen LogP contribution is 2.23. The molecule has 0 radical (unpaired) electrons. The van der Waals surface area contributed by atoms with Crippen LogP contribution in [0.3, 0.4) is 0 Å². The summed E-state index contributed by atoms with van der Waals surface area (Å²) in [7, 11) is 0. The van der Waals surface area contributed by atoms with Crippen LogP contribution in [0.2, 0.25) is 0 Å². The normalized spacial score (nSPS) is 10.5. The van der Waals surface area contributed by atoms with Crippen LogP contribution in [0, 0.1) is 3.57 Å². The summed E-state index contributed by atoms with van der Waals surface area (Å²) >= 11 is 1.74. The van der Waals surface area contributed by atoms with Gasteiger partial charge in [-0.15, -0.1) is 0 Å². The molecule has 0 saturated heterocycles. The Kier molecular flexibility index (Phi) is 4.37. The zero-order chi connectivity index (χ0) is 11.4. The minimum absolute atomic E-state index is 0.0469. The highest BCUT2D eigenvalue weighted by molar-refractivity contribution is 14.1. The number of nitrogens with zero attached hydrogens (tertiary/aromatic N) is 1. The van der Waals surface area contributed by atoms with E-state index in [0.717, 1.165) is 6.20 Å². The number of carbonyl (C=O) groups is 1. The van der Waals surface area contributed by atoms with Gasteiger partial charge >= 0.3 is 5.97 Å². The van der Waals surface area contributed by atoms with Crippen LogP contribution in [0.5, 0.6) is 0 Å². The van der Waals surface area contributed by atoms with E-state index in [4.69, 9.17) is 4.74 Å². The molecule has 0 aromatic carbocycles. The molecule has 0 atom stereocenters. The quantitative estimate of drug-likeness (QED) is 0.633. The number of alkyl halides is 2. The molecule has 0 saturated carbocycles. The molecule has 0 fully saturated rings. The zero-order valence-electron chi connectivity index (χ0n) is 7.84. The van der Waals surface area contributed by atoms with E-state index < -0.39 is 12.4 Å². The standard InChI is InChI=1S/C9H8F2INO2/c1-2-15-9(14)7-3-6(12)5(4-13-7)8(10)11/h3-4,8H,2H2,1H3. The summed E-state index contributed by atoms with van der Waals surface area (Å²) in [5.74, 6) is -0.601. The van der Waals surface area contributed by atoms with Crippen LogP contribution in [-0.2, 0) is 4.74 Å². The molecule has 1 rings (SSSR count). The van der Waals surface area contributed by atoms with Gasteiger partial charge in [0.05, 0.1) is 6.61 Å². The van der Waals surface area contributed by atoms with E-state index in [1.165, 1.54) is 6.07 Å². The first-order chi connectivity index (χ1) is 7.06. The molecule has 3 nitrogen and oxygen atoms in total. The summed E-state index contributed by atoms with van der Waals surface area (Å²) in [5, 5.41) is 0. The minimum atomic E-state index is -2.58. The summed E-state index contributed by atoms with van der Waals surface area (Å²) in [4.78, 5) is 14.8. The van der Waals surface area contributed by atoms with Gasteiger partial charge < -0.3 is 4.74 Å². The summed E-state index contributed by atoms with van der Waals surface area (Å²) in [6, 6.07) is 1.29. The molecule has 0 spiro atoms. The van der Waals surface area contributed by atoms with Gasteiger partial charge in [0.25, 0.3) is 6.43 Å². The number of rotatable bonds is 3. The smallest absolute Gasteiger partial charge is 0.356 e. The summed E-state index contributed by atoms with van der Waals surface area (Å²) < 4.78 is 29.7. The van der Waals surface area contributed by atoms with Crippen LogP contribution in [0.15, 0.2) is 12.3 Å². The maximum absolute atomic E-state index is 12.3. The largest absolute Gasteiger partial charge is 0.461 e. The summed E-state index contributed by atoms with van der Waals surface area (Å²) in [6.45, 7) is 1.89. The van der Waals surface area contributed by atoms with Gasteiger partial charge in [-0.05, 0) is 35.6 Å². The monoisotopic (exact) mass is 327 g/mol.